The molecule has 0 fully saturated rings. The van der Waals surface area contributed by atoms with E-state index in [9.17, 15) is 17.6 Å². The van der Waals surface area contributed by atoms with Gasteiger partial charge >= 0.3 is 6.18 Å². The molecule has 0 aliphatic rings. The van der Waals surface area contributed by atoms with Gasteiger partial charge in [-0.25, -0.2) is 0 Å². The molecular formula is C7H3F4NS. The zero-order chi connectivity index (χ0) is 10.1. The van der Waals surface area contributed by atoms with Crippen molar-refractivity contribution in [1.82, 2.24) is 0 Å². The van der Waals surface area contributed by atoms with Gasteiger partial charge in [0, 0.05) is 5.56 Å². The van der Waals surface area contributed by atoms with Crippen LogP contribution < -0.4 is 0 Å². The Labute approximate surface area is 75.2 Å². The lowest BCUT2D eigenvalue weighted by atomic mass is 10.2. The van der Waals surface area contributed by atoms with Crippen LogP contribution in [0.15, 0.2) is 6.07 Å². The summed E-state index contributed by atoms with van der Waals surface area (Å²) in [7, 11) is 0. The molecule has 0 radical (unpaired) electrons. The van der Waals surface area contributed by atoms with E-state index in [4.69, 9.17) is 5.26 Å². The van der Waals surface area contributed by atoms with E-state index < -0.39 is 16.2 Å². The first-order valence-electron chi connectivity index (χ1n) is 3.17. The molecule has 0 atom stereocenters. The van der Waals surface area contributed by atoms with E-state index in [0.29, 0.717) is 6.07 Å². The van der Waals surface area contributed by atoms with E-state index in [1.54, 1.807) is 6.07 Å². The van der Waals surface area contributed by atoms with Crippen molar-refractivity contribution >= 4 is 11.3 Å². The summed E-state index contributed by atoms with van der Waals surface area (Å²) < 4.78 is 48.6. The molecule has 0 bridgehead atoms. The lowest BCUT2D eigenvalue weighted by Crippen LogP contribution is -2.00. The van der Waals surface area contributed by atoms with Crippen LogP contribution in [0.3, 0.4) is 0 Å². The van der Waals surface area contributed by atoms with Crippen LogP contribution >= 0.6 is 11.3 Å². The maximum Gasteiger partial charge on any atom is 0.425 e. The fourth-order valence-corrected chi connectivity index (χ4v) is 1.52. The molecule has 0 unspecified atom stereocenters. The highest BCUT2D eigenvalue weighted by atomic mass is 32.1. The van der Waals surface area contributed by atoms with Gasteiger partial charge in [-0.3, -0.25) is 0 Å². The van der Waals surface area contributed by atoms with Gasteiger partial charge in [0.05, 0.1) is 12.5 Å². The zero-order valence-corrected chi connectivity index (χ0v) is 6.97. The van der Waals surface area contributed by atoms with E-state index >= 15 is 0 Å². The highest BCUT2D eigenvalue weighted by Gasteiger charge is 2.33. The molecule has 1 heterocycles. The van der Waals surface area contributed by atoms with E-state index in [1.165, 1.54) is 0 Å². The topological polar surface area (TPSA) is 23.8 Å². The molecule has 0 aliphatic carbocycles. The minimum absolute atomic E-state index is 0.0185. The van der Waals surface area contributed by atoms with Crippen molar-refractivity contribution in [3.05, 3.63) is 21.6 Å². The molecule has 0 spiro atoms. The van der Waals surface area contributed by atoms with Crippen molar-refractivity contribution < 1.29 is 17.6 Å². The van der Waals surface area contributed by atoms with Crippen molar-refractivity contribution in [1.29, 1.82) is 5.26 Å². The first-order valence-corrected chi connectivity index (χ1v) is 3.99. The third-order valence-corrected chi connectivity index (χ3v) is 2.32. The lowest BCUT2D eigenvalue weighted by Gasteiger charge is -1.99. The smallest absolute Gasteiger partial charge is 0.198 e. The molecule has 70 valence electrons. The van der Waals surface area contributed by atoms with Gasteiger partial charge in [-0.15, -0.1) is 11.3 Å². The van der Waals surface area contributed by atoms with Crippen molar-refractivity contribution in [2.45, 2.75) is 12.6 Å². The second kappa shape index (κ2) is 3.34. The normalized spacial score (nSPS) is 11.3. The van der Waals surface area contributed by atoms with Crippen LogP contribution in [0.25, 0.3) is 0 Å². The lowest BCUT2D eigenvalue weighted by molar-refractivity contribution is -0.134. The van der Waals surface area contributed by atoms with Gasteiger partial charge in [0.1, 0.15) is 4.88 Å². The van der Waals surface area contributed by atoms with Crippen molar-refractivity contribution in [2.24, 2.45) is 0 Å². The Hall–Kier alpha value is -1.09. The molecule has 0 amide bonds. The van der Waals surface area contributed by atoms with Crippen LogP contribution in [0.5, 0.6) is 0 Å². The maximum atomic E-state index is 12.7. The van der Waals surface area contributed by atoms with E-state index in [-0.39, 0.29) is 23.3 Å². The molecule has 0 N–H and O–H groups in total. The van der Waals surface area contributed by atoms with Crippen LogP contribution in [0.2, 0.25) is 0 Å². The molecule has 6 heteroatoms. The summed E-state index contributed by atoms with van der Waals surface area (Å²) in [5.74, 6) is 0. The minimum atomic E-state index is -4.53. The molecule has 0 saturated heterocycles. The van der Waals surface area contributed by atoms with Gasteiger partial charge in [-0.2, -0.15) is 22.8 Å². The number of halogens is 4. The van der Waals surface area contributed by atoms with Crippen LogP contribution in [-0.2, 0) is 12.6 Å². The van der Waals surface area contributed by atoms with Gasteiger partial charge in [0.2, 0.25) is 0 Å². The molecule has 0 aromatic carbocycles. The standard InChI is InChI=1S/C7H3F4NS/c8-6-4(1-2-12)3-5(13-6)7(9,10)11/h3H,1H2. The molecule has 1 rings (SSSR count). The summed E-state index contributed by atoms with van der Waals surface area (Å²) in [5.41, 5.74) is -0.195. The first kappa shape index (κ1) is 9.99. The third kappa shape index (κ3) is 2.18. The maximum absolute atomic E-state index is 12.7. The summed E-state index contributed by atoms with van der Waals surface area (Å²) in [5, 5.41) is 7.23. The van der Waals surface area contributed by atoms with Crippen molar-refractivity contribution in [3.63, 3.8) is 0 Å². The van der Waals surface area contributed by atoms with E-state index in [1.807, 2.05) is 0 Å². The first-order chi connectivity index (χ1) is 5.95. The average Bonchev–Trinajstić information content (AvgIpc) is 2.32. The average molecular weight is 209 g/mol. The second-order valence-corrected chi connectivity index (χ2v) is 3.24. The predicted molar refractivity (Wildman–Crippen MR) is 38.6 cm³/mol. The molecular weight excluding hydrogens is 206 g/mol. The number of thiophene rings is 1. The summed E-state index contributed by atoms with van der Waals surface area (Å²) >= 11 is 0.0185. The Kier molecular flexibility index (Phi) is 2.57. The largest absolute Gasteiger partial charge is 0.425 e. The fourth-order valence-electron chi connectivity index (χ4n) is 0.752. The van der Waals surface area contributed by atoms with Crippen molar-refractivity contribution in [3.8, 4) is 6.07 Å². The number of alkyl halides is 3. The minimum Gasteiger partial charge on any atom is -0.198 e. The predicted octanol–water partition coefficient (Wildman–Crippen LogP) is 2.97. The molecule has 1 aromatic rings. The third-order valence-electron chi connectivity index (χ3n) is 1.31. The van der Waals surface area contributed by atoms with Gasteiger partial charge in [0.15, 0.2) is 5.13 Å². The summed E-state index contributed by atoms with van der Waals surface area (Å²) in [6.45, 7) is 0. The SMILES string of the molecule is N#CCc1cc(C(F)(F)F)sc1F. The molecule has 0 saturated carbocycles. The quantitative estimate of drug-likeness (QED) is 0.652. The molecule has 13 heavy (non-hydrogen) atoms. The number of nitriles is 1. The summed E-state index contributed by atoms with van der Waals surface area (Å²) in [4.78, 5) is -1.00. The molecule has 1 nitrogen and oxygen atoms in total. The van der Waals surface area contributed by atoms with E-state index in [2.05, 4.69) is 0 Å². The van der Waals surface area contributed by atoms with Gasteiger partial charge < -0.3 is 0 Å². The van der Waals surface area contributed by atoms with Gasteiger partial charge in [-0.1, -0.05) is 0 Å². The Bertz CT molecular complexity index is 346. The summed E-state index contributed by atoms with van der Waals surface area (Å²) in [6.07, 6.45) is -4.86. The Morgan fingerprint density at radius 3 is 2.46 bits per heavy atom. The van der Waals surface area contributed by atoms with Gasteiger partial charge in [0.25, 0.3) is 0 Å². The number of rotatable bonds is 1. The fraction of sp³-hybridized carbons (Fsp3) is 0.286. The number of hydrogen-bond acceptors (Lipinski definition) is 2. The van der Waals surface area contributed by atoms with Crippen LogP contribution in [0.4, 0.5) is 17.6 Å². The van der Waals surface area contributed by atoms with Crippen LogP contribution in [0.1, 0.15) is 10.4 Å². The van der Waals surface area contributed by atoms with E-state index in [0.717, 1.165) is 0 Å². The highest BCUT2D eigenvalue weighted by molar-refractivity contribution is 7.10. The van der Waals surface area contributed by atoms with Crippen LogP contribution in [-0.4, -0.2) is 0 Å². The van der Waals surface area contributed by atoms with Gasteiger partial charge in [-0.05, 0) is 6.07 Å². The zero-order valence-electron chi connectivity index (χ0n) is 6.15. The Morgan fingerprint density at radius 1 is 1.46 bits per heavy atom. The van der Waals surface area contributed by atoms with Crippen molar-refractivity contribution in [2.75, 3.05) is 0 Å². The number of hydrogen-bond donors (Lipinski definition) is 0. The monoisotopic (exact) mass is 209 g/mol. The Morgan fingerprint density at radius 2 is 2.08 bits per heavy atom. The number of nitrogens with zero attached hydrogens (tertiary/aromatic N) is 1. The summed E-state index contributed by atoms with van der Waals surface area (Å²) in [6, 6.07) is 2.26. The van der Waals surface area contributed by atoms with Crippen LogP contribution in [0, 0.1) is 16.5 Å². The molecule has 0 aliphatic heterocycles. The highest BCUT2D eigenvalue weighted by Crippen LogP contribution is 2.36. The molecule has 1 aromatic heterocycles. The second-order valence-electron chi connectivity index (χ2n) is 2.24. The Balaban J connectivity index is 3.04.